The van der Waals surface area contributed by atoms with E-state index in [1.54, 1.807) is 4.90 Å². The molecule has 186 valence electrons. The van der Waals surface area contributed by atoms with Crippen molar-refractivity contribution < 1.29 is 35.6 Å². The molecule has 1 N–H and O–H groups in total. The van der Waals surface area contributed by atoms with Crippen molar-refractivity contribution >= 4 is 5.91 Å². The summed E-state index contributed by atoms with van der Waals surface area (Å²) in [5, 5.41) is 2.77. The van der Waals surface area contributed by atoms with Crippen LogP contribution in [0.15, 0.2) is 59.2 Å². The molecule has 0 radical (unpaired) electrons. The number of aromatic nitrogens is 1. The van der Waals surface area contributed by atoms with Gasteiger partial charge in [0, 0.05) is 19.1 Å². The molecular formula is C24H21F6N3O2. The van der Waals surface area contributed by atoms with Crippen LogP contribution in [0.1, 0.15) is 51.5 Å². The lowest BCUT2D eigenvalue weighted by Crippen LogP contribution is -2.26. The van der Waals surface area contributed by atoms with E-state index in [0.717, 1.165) is 37.1 Å². The molecule has 2 aromatic carbocycles. The highest BCUT2D eigenvalue weighted by Crippen LogP contribution is 2.31. The third-order valence-corrected chi connectivity index (χ3v) is 5.38. The molecule has 0 bridgehead atoms. The van der Waals surface area contributed by atoms with Gasteiger partial charge in [-0.05, 0) is 36.1 Å². The Balaban J connectivity index is 1.56. The van der Waals surface area contributed by atoms with E-state index in [1.165, 1.54) is 30.5 Å². The van der Waals surface area contributed by atoms with E-state index in [-0.39, 0.29) is 37.3 Å². The molecule has 0 atom stereocenters. The summed E-state index contributed by atoms with van der Waals surface area (Å²) in [6.45, 7) is -0.0818. The molecule has 3 aromatic rings. The lowest BCUT2D eigenvalue weighted by molar-refractivity contribution is -0.138. The lowest BCUT2D eigenvalue weighted by atomic mass is 10.1. The average Bonchev–Trinajstić information content (AvgIpc) is 3.47. The van der Waals surface area contributed by atoms with Crippen molar-refractivity contribution in [2.75, 3.05) is 0 Å². The fourth-order valence-electron chi connectivity index (χ4n) is 3.54. The maximum absolute atomic E-state index is 13.1. The van der Waals surface area contributed by atoms with Gasteiger partial charge in [0.1, 0.15) is 6.26 Å². The second kappa shape index (κ2) is 9.73. The van der Waals surface area contributed by atoms with E-state index in [2.05, 4.69) is 10.3 Å². The fourth-order valence-corrected chi connectivity index (χ4v) is 3.54. The fraction of sp³-hybridized carbons (Fsp3) is 0.333. The predicted octanol–water partition coefficient (Wildman–Crippen LogP) is 5.81. The number of halogens is 6. The van der Waals surface area contributed by atoms with Gasteiger partial charge < -0.3 is 9.73 Å². The highest BCUT2D eigenvalue weighted by molar-refractivity contribution is 5.92. The molecule has 0 aliphatic heterocycles. The SMILES string of the molecule is O=C(NC1CC1)c1coc(CN(Cc2cccc(C(F)(F)F)c2)Cc2cccc(C(F)(F)F)c2)n1. The van der Waals surface area contributed by atoms with Crippen LogP contribution in [0.3, 0.4) is 0 Å². The minimum absolute atomic E-state index is 0.0217. The van der Waals surface area contributed by atoms with E-state index in [0.29, 0.717) is 11.1 Å². The largest absolute Gasteiger partial charge is 0.447 e. The first-order chi connectivity index (χ1) is 16.5. The Bertz CT molecular complexity index is 1120. The Morgan fingerprint density at radius 3 is 1.94 bits per heavy atom. The van der Waals surface area contributed by atoms with Crippen molar-refractivity contribution in [1.82, 2.24) is 15.2 Å². The first kappa shape index (κ1) is 24.8. The van der Waals surface area contributed by atoms with E-state index in [9.17, 15) is 31.1 Å². The van der Waals surface area contributed by atoms with E-state index < -0.39 is 29.4 Å². The van der Waals surface area contributed by atoms with Crippen LogP contribution in [-0.2, 0) is 32.0 Å². The van der Waals surface area contributed by atoms with Crippen LogP contribution < -0.4 is 5.32 Å². The van der Waals surface area contributed by atoms with Crippen LogP contribution in [0.5, 0.6) is 0 Å². The van der Waals surface area contributed by atoms with Gasteiger partial charge in [-0.2, -0.15) is 26.3 Å². The maximum atomic E-state index is 13.1. The number of benzene rings is 2. The Morgan fingerprint density at radius 2 is 1.46 bits per heavy atom. The molecule has 1 fully saturated rings. The molecule has 4 rings (SSSR count). The molecule has 0 saturated heterocycles. The normalized spacial score (nSPS) is 14.4. The van der Waals surface area contributed by atoms with Crippen LogP contribution in [0.25, 0.3) is 0 Å². The molecular weight excluding hydrogens is 476 g/mol. The number of oxazole rings is 1. The van der Waals surface area contributed by atoms with Crippen LogP contribution in [0.2, 0.25) is 0 Å². The third kappa shape index (κ3) is 6.84. The van der Waals surface area contributed by atoms with Crippen molar-refractivity contribution in [3.63, 3.8) is 0 Å². The zero-order valence-electron chi connectivity index (χ0n) is 18.3. The number of amides is 1. The number of nitrogens with zero attached hydrogens (tertiary/aromatic N) is 2. The summed E-state index contributed by atoms with van der Waals surface area (Å²) in [6.07, 6.45) is -6.11. The number of alkyl halides is 6. The zero-order chi connectivity index (χ0) is 25.2. The van der Waals surface area contributed by atoms with Gasteiger partial charge in [-0.3, -0.25) is 9.69 Å². The van der Waals surface area contributed by atoms with Gasteiger partial charge in [-0.15, -0.1) is 0 Å². The van der Waals surface area contributed by atoms with Gasteiger partial charge in [0.25, 0.3) is 5.91 Å². The van der Waals surface area contributed by atoms with Gasteiger partial charge in [0.15, 0.2) is 5.69 Å². The zero-order valence-corrected chi connectivity index (χ0v) is 18.3. The van der Waals surface area contributed by atoms with E-state index in [4.69, 9.17) is 4.42 Å². The average molecular weight is 497 g/mol. The molecule has 35 heavy (non-hydrogen) atoms. The van der Waals surface area contributed by atoms with E-state index >= 15 is 0 Å². The number of carbonyl (C=O) groups excluding carboxylic acids is 1. The van der Waals surface area contributed by atoms with Gasteiger partial charge in [0.2, 0.25) is 5.89 Å². The number of nitrogens with one attached hydrogen (secondary N) is 1. The molecule has 1 aliphatic rings. The molecule has 1 heterocycles. The van der Waals surface area contributed by atoms with Crippen molar-refractivity contribution in [2.45, 2.75) is 50.9 Å². The van der Waals surface area contributed by atoms with Crippen LogP contribution in [0, 0.1) is 0 Å². The lowest BCUT2D eigenvalue weighted by Gasteiger charge is -2.22. The predicted molar refractivity (Wildman–Crippen MR) is 113 cm³/mol. The summed E-state index contributed by atoms with van der Waals surface area (Å²) in [5.41, 5.74) is -0.978. The van der Waals surface area contributed by atoms with E-state index in [1.807, 2.05) is 0 Å². The Hall–Kier alpha value is -3.34. The molecule has 1 aromatic heterocycles. The smallest absolute Gasteiger partial charge is 0.416 e. The van der Waals surface area contributed by atoms with Gasteiger partial charge in [0.05, 0.1) is 17.7 Å². The standard InChI is InChI=1S/C24H21F6N3O2/c25-23(26,27)17-5-1-3-15(9-17)11-33(12-16-4-2-6-18(10-16)24(28,29)30)13-21-32-20(14-35-21)22(34)31-19-7-8-19/h1-6,9-10,14,19H,7-8,11-13H2,(H,31,34). The molecule has 1 amide bonds. The Kier molecular flexibility index (Phi) is 6.88. The van der Waals surface area contributed by atoms with Gasteiger partial charge >= 0.3 is 12.4 Å². The van der Waals surface area contributed by atoms with Crippen LogP contribution >= 0.6 is 0 Å². The summed E-state index contributed by atoms with van der Waals surface area (Å²) in [7, 11) is 0. The summed E-state index contributed by atoms with van der Waals surface area (Å²) in [6, 6.07) is 9.52. The highest BCUT2D eigenvalue weighted by atomic mass is 19.4. The molecule has 0 spiro atoms. The van der Waals surface area contributed by atoms with Crippen molar-refractivity contribution in [2.24, 2.45) is 0 Å². The minimum Gasteiger partial charge on any atom is -0.447 e. The quantitative estimate of drug-likeness (QED) is 0.400. The third-order valence-electron chi connectivity index (χ3n) is 5.38. The maximum Gasteiger partial charge on any atom is 0.416 e. The Labute approximate surface area is 196 Å². The molecule has 1 aliphatic carbocycles. The molecule has 11 heteroatoms. The number of hydrogen-bond donors (Lipinski definition) is 1. The minimum atomic E-state index is -4.53. The summed E-state index contributed by atoms with van der Waals surface area (Å²) >= 11 is 0. The second-order valence-corrected chi connectivity index (χ2v) is 8.42. The summed E-state index contributed by atoms with van der Waals surface area (Å²) in [4.78, 5) is 17.9. The van der Waals surface area contributed by atoms with Gasteiger partial charge in [-0.25, -0.2) is 4.98 Å². The first-order valence-electron chi connectivity index (χ1n) is 10.8. The van der Waals surface area contributed by atoms with Crippen LogP contribution in [-0.4, -0.2) is 21.8 Å². The molecule has 1 saturated carbocycles. The van der Waals surface area contributed by atoms with Gasteiger partial charge in [-0.1, -0.05) is 36.4 Å². The number of rotatable bonds is 8. The van der Waals surface area contributed by atoms with Crippen molar-refractivity contribution in [3.8, 4) is 0 Å². The summed E-state index contributed by atoms with van der Waals surface area (Å²) < 4.78 is 84.2. The molecule has 0 unspecified atom stereocenters. The van der Waals surface area contributed by atoms with Crippen LogP contribution in [0.4, 0.5) is 26.3 Å². The number of carbonyl (C=O) groups is 1. The monoisotopic (exact) mass is 497 g/mol. The van der Waals surface area contributed by atoms with Crippen molar-refractivity contribution in [1.29, 1.82) is 0 Å². The molecule has 5 nitrogen and oxygen atoms in total. The summed E-state index contributed by atoms with van der Waals surface area (Å²) in [5.74, 6) is -0.283. The second-order valence-electron chi connectivity index (χ2n) is 8.42. The Morgan fingerprint density at radius 1 is 0.914 bits per heavy atom. The first-order valence-corrected chi connectivity index (χ1v) is 10.8. The topological polar surface area (TPSA) is 58.4 Å². The number of hydrogen-bond acceptors (Lipinski definition) is 4. The van der Waals surface area contributed by atoms with Crippen molar-refractivity contribution in [3.05, 3.63) is 88.6 Å². The highest BCUT2D eigenvalue weighted by Gasteiger charge is 2.32.